The predicted octanol–water partition coefficient (Wildman–Crippen LogP) is 1.77. The van der Waals surface area contributed by atoms with E-state index in [9.17, 15) is 0 Å². The summed E-state index contributed by atoms with van der Waals surface area (Å²) < 4.78 is 10.4. The average molecular weight is 280 g/mol. The van der Waals surface area contributed by atoms with E-state index in [4.69, 9.17) is 9.47 Å². The van der Waals surface area contributed by atoms with Gasteiger partial charge in [0.1, 0.15) is 23.5 Å². The molecule has 104 valence electrons. The van der Waals surface area contributed by atoms with Crippen molar-refractivity contribution >= 4 is 11.0 Å². The number of aromatic amines is 1. The van der Waals surface area contributed by atoms with Crippen molar-refractivity contribution in [3.8, 4) is 23.3 Å². The fourth-order valence-corrected chi connectivity index (χ4v) is 1.88. The second kappa shape index (κ2) is 5.51. The fourth-order valence-electron chi connectivity index (χ4n) is 1.88. The molecule has 2 aromatic heterocycles. The Balaban J connectivity index is 2.03. The van der Waals surface area contributed by atoms with E-state index >= 15 is 0 Å². The minimum atomic E-state index is 0.621. The van der Waals surface area contributed by atoms with Gasteiger partial charge in [-0.2, -0.15) is 5.10 Å². The number of methoxy groups -OCH3 is 2. The Morgan fingerprint density at radius 3 is 2.48 bits per heavy atom. The lowest BCUT2D eigenvalue weighted by Gasteiger charge is -2.04. The van der Waals surface area contributed by atoms with Crippen LogP contribution in [0.5, 0.6) is 11.5 Å². The van der Waals surface area contributed by atoms with E-state index in [-0.39, 0.29) is 0 Å². The first kappa shape index (κ1) is 12.9. The summed E-state index contributed by atoms with van der Waals surface area (Å²) in [6, 6.07) is 5.47. The third kappa shape index (κ3) is 2.62. The average Bonchev–Trinajstić information content (AvgIpc) is 3.01. The Labute approximate surface area is 121 Å². The minimum Gasteiger partial charge on any atom is -0.497 e. The third-order valence-electron chi connectivity index (χ3n) is 2.92. The monoisotopic (exact) mass is 280 g/mol. The summed E-state index contributed by atoms with van der Waals surface area (Å²) in [7, 11) is 3.21. The van der Waals surface area contributed by atoms with E-state index in [1.54, 1.807) is 26.5 Å². The standard InChI is InChI=1S/C15H12N4O2/c1-20-11-5-10(6-12(7-11)21-2)3-4-14-13-8-18-19-15(13)17-9-16-14/h5-9H,1-2H3,(H,16,17,18,19). The predicted molar refractivity (Wildman–Crippen MR) is 77.2 cm³/mol. The lowest BCUT2D eigenvalue weighted by Crippen LogP contribution is -1.89. The van der Waals surface area contributed by atoms with Gasteiger partial charge >= 0.3 is 0 Å². The minimum absolute atomic E-state index is 0.621. The van der Waals surface area contributed by atoms with Crippen LogP contribution >= 0.6 is 0 Å². The molecule has 0 saturated heterocycles. The molecule has 0 fully saturated rings. The fraction of sp³-hybridized carbons (Fsp3) is 0.133. The molecule has 0 saturated carbocycles. The molecule has 3 aromatic rings. The second-order valence-electron chi connectivity index (χ2n) is 4.21. The highest BCUT2D eigenvalue weighted by molar-refractivity contribution is 5.79. The lowest BCUT2D eigenvalue weighted by molar-refractivity contribution is 0.394. The van der Waals surface area contributed by atoms with Gasteiger partial charge in [-0.05, 0) is 18.1 Å². The van der Waals surface area contributed by atoms with Gasteiger partial charge in [-0.25, -0.2) is 9.97 Å². The summed E-state index contributed by atoms with van der Waals surface area (Å²) in [5.74, 6) is 7.45. The Kier molecular flexibility index (Phi) is 3.39. The maximum absolute atomic E-state index is 5.22. The van der Waals surface area contributed by atoms with Crippen LogP contribution in [0.1, 0.15) is 11.3 Å². The molecule has 0 amide bonds. The van der Waals surface area contributed by atoms with E-state index in [1.165, 1.54) is 6.33 Å². The molecule has 0 aliphatic carbocycles. The van der Waals surface area contributed by atoms with Crippen molar-refractivity contribution in [2.24, 2.45) is 0 Å². The van der Waals surface area contributed by atoms with Crippen LogP contribution in [0.4, 0.5) is 0 Å². The number of rotatable bonds is 2. The Morgan fingerprint density at radius 1 is 1.00 bits per heavy atom. The molecule has 21 heavy (non-hydrogen) atoms. The number of nitrogens with one attached hydrogen (secondary N) is 1. The van der Waals surface area contributed by atoms with Gasteiger partial charge in [0.05, 0.1) is 25.8 Å². The zero-order chi connectivity index (χ0) is 14.7. The van der Waals surface area contributed by atoms with Crippen molar-refractivity contribution in [3.05, 3.63) is 42.0 Å². The highest BCUT2D eigenvalue weighted by Gasteiger charge is 2.03. The van der Waals surface area contributed by atoms with Crippen LogP contribution in [-0.2, 0) is 0 Å². The highest BCUT2D eigenvalue weighted by Crippen LogP contribution is 2.22. The third-order valence-corrected chi connectivity index (χ3v) is 2.92. The molecule has 0 radical (unpaired) electrons. The maximum Gasteiger partial charge on any atom is 0.159 e. The topological polar surface area (TPSA) is 72.9 Å². The number of aromatic nitrogens is 4. The molecule has 0 bridgehead atoms. The SMILES string of the molecule is COc1cc(C#Cc2ncnc3[nH]ncc23)cc(OC)c1. The van der Waals surface area contributed by atoms with Crippen LogP contribution < -0.4 is 9.47 Å². The number of ether oxygens (including phenoxy) is 2. The summed E-state index contributed by atoms with van der Waals surface area (Å²) in [6.07, 6.45) is 3.11. The van der Waals surface area contributed by atoms with E-state index < -0.39 is 0 Å². The molecule has 6 nitrogen and oxygen atoms in total. The van der Waals surface area contributed by atoms with Crippen molar-refractivity contribution in [1.82, 2.24) is 20.2 Å². The van der Waals surface area contributed by atoms with Crippen molar-refractivity contribution in [3.63, 3.8) is 0 Å². The Hall–Kier alpha value is -3.07. The summed E-state index contributed by atoms with van der Waals surface area (Å²) >= 11 is 0. The summed E-state index contributed by atoms with van der Waals surface area (Å²) in [4.78, 5) is 8.25. The smallest absolute Gasteiger partial charge is 0.159 e. The normalized spacial score (nSPS) is 10.0. The summed E-state index contributed by atoms with van der Waals surface area (Å²) in [5.41, 5.74) is 2.06. The molecule has 3 rings (SSSR count). The summed E-state index contributed by atoms with van der Waals surface area (Å²) in [5, 5.41) is 7.51. The van der Waals surface area contributed by atoms with Crippen LogP contribution in [-0.4, -0.2) is 34.4 Å². The summed E-state index contributed by atoms with van der Waals surface area (Å²) in [6.45, 7) is 0. The van der Waals surface area contributed by atoms with Gasteiger partial charge in [0.25, 0.3) is 0 Å². The zero-order valence-electron chi connectivity index (χ0n) is 11.5. The van der Waals surface area contributed by atoms with Crippen molar-refractivity contribution in [2.75, 3.05) is 14.2 Å². The molecule has 0 aliphatic rings. The molecular formula is C15H12N4O2. The molecule has 0 aliphatic heterocycles. The lowest BCUT2D eigenvalue weighted by atomic mass is 10.2. The van der Waals surface area contributed by atoms with Gasteiger partial charge in [-0.15, -0.1) is 0 Å². The van der Waals surface area contributed by atoms with Crippen LogP contribution in [0.3, 0.4) is 0 Å². The largest absolute Gasteiger partial charge is 0.497 e. The van der Waals surface area contributed by atoms with E-state index in [1.807, 2.05) is 12.1 Å². The van der Waals surface area contributed by atoms with Crippen LogP contribution in [0, 0.1) is 11.8 Å². The van der Waals surface area contributed by atoms with Crippen LogP contribution in [0.25, 0.3) is 11.0 Å². The second-order valence-corrected chi connectivity index (χ2v) is 4.21. The van der Waals surface area contributed by atoms with Gasteiger partial charge in [0, 0.05) is 11.6 Å². The van der Waals surface area contributed by atoms with Gasteiger partial charge in [-0.1, -0.05) is 5.92 Å². The first-order valence-corrected chi connectivity index (χ1v) is 6.19. The van der Waals surface area contributed by atoms with Crippen LogP contribution in [0.2, 0.25) is 0 Å². The first-order chi connectivity index (χ1) is 10.3. The zero-order valence-corrected chi connectivity index (χ0v) is 11.5. The van der Waals surface area contributed by atoms with Crippen molar-refractivity contribution in [2.45, 2.75) is 0 Å². The molecule has 0 atom stereocenters. The van der Waals surface area contributed by atoms with Gasteiger partial charge in [0.2, 0.25) is 0 Å². The molecule has 0 unspecified atom stereocenters. The van der Waals surface area contributed by atoms with Gasteiger partial charge in [0.15, 0.2) is 5.65 Å². The first-order valence-electron chi connectivity index (χ1n) is 6.19. The molecular weight excluding hydrogens is 268 g/mol. The molecule has 1 aromatic carbocycles. The van der Waals surface area contributed by atoms with E-state index in [0.717, 1.165) is 10.9 Å². The number of H-pyrrole nitrogens is 1. The Morgan fingerprint density at radius 2 is 1.76 bits per heavy atom. The number of nitrogens with zero attached hydrogens (tertiary/aromatic N) is 3. The number of hydrogen-bond donors (Lipinski definition) is 1. The number of hydrogen-bond acceptors (Lipinski definition) is 5. The molecule has 6 heteroatoms. The molecule has 2 heterocycles. The van der Waals surface area contributed by atoms with E-state index in [0.29, 0.717) is 22.8 Å². The van der Waals surface area contributed by atoms with Crippen molar-refractivity contribution < 1.29 is 9.47 Å². The van der Waals surface area contributed by atoms with Gasteiger partial charge in [-0.3, -0.25) is 5.10 Å². The molecule has 1 N–H and O–H groups in total. The number of fused-ring (bicyclic) bond motifs is 1. The maximum atomic E-state index is 5.22. The van der Waals surface area contributed by atoms with Gasteiger partial charge < -0.3 is 9.47 Å². The highest BCUT2D eigenvalue weighted by atomic mass is 16.5. The number of benzene rings is 1. The Bertz CT molecular complexity index is 823. The quantitative estimate of drug-likeness (QED) is 0.724. The van der Waals surface area contributed by atoms with Crippen LogP contribution in [0.15, 0.2) is 30.7 Å². The molecule has 0 spiro atoms. The van der Waals surface area contributed by atoms with Crippen molar-refractivity contribution in [1.29, 1.82) is 0 Å². The van der Waals surface area contributed by atoms with E-state index in [2.05, 4.69) is 32.0 Å².